The van der Waals surface area contributed by atoms with Crippen LogP contribution in [-0.2, 0) is 0 Å². The molecule has 0 aliphatic rings. The molecule has 0 saturated heterocycles. The lowest BCUT2D eigenvalue weighted by molar-refractivity contribution is -0.384. The average Bonchev–Trinajstić information content (AvgIpc) is 2.42. The molecule has 104 valence electrons. The van der Waals surface area contributed by atoms with Crippen molar-refractivity contribution in [2.24, 2.45) is 0 Å². The minimum atomic E-state index is -0.452. The van der Waals surface area contributed by atoms with E-state index < -0.39 is 4.92 Å². The fraction of sp³-hybridized carbons (Fsp3) is 0.143. The van der Waals surface area contributed by atoms with Gasteiger partial charge >= 0.3 is 5.69 Å². The highest BCUT2D eigenvalue weighted by Crippen LogP contribution is 2.37. The van der Waals surface area contributed by atoms with Crippen molar-refractivity contribution in [3.05, 3.63) is 56.5 Å². The lowest BCUT2D eigenvalue weighted by atomic mass is 10.2. The van der Waals surface area contributed by atoms with Crippen LogP contribution in [0.2, 0.25) is 0 Å². The topological polar surface area (TPSA) is 64.4 Å². The van der Waals surface area contributed by atoms with Gasteiger partial charge in [-0.1, -0.05) is 22.0 Å². The smallest absolute Gasteiger partial charge is 0.334 e. The molecule has 0 atom stereocenters. The van der Waals surface area contributed by atoms with Gasteiger partial charge in [0.15, 0.2) is 0 Å². The Bertz CT molecular complexity index is 659. The van der Waals surface area contributed by atoms with E-state index in [-0.39, 0.29) is 11.4 Å². The van der Waals surface area contributed by atoms with Crippen LogP contribution >= 0.6 is 15.9 Å². The Kier molecular flexibility index (Phi) is 4.24. The van der Waals surface area contributed by atoms with Gasteiger partial charge in [-0.3, -0.25) is 10.1 Å². The molecule has 5 nitrogen and oxygen atoms in total. The number of benzene rings is 2. The van der Waals surface area contributed by atoms with E-state index in [1.807, 2.05) is 19.1 Å². The highest BCUT2D eigenvalue weighted by Gasteiger charge is 2.20. The molecule has 0 saturated carbocycles. The molecule has 0 aliphatic heterocycles. The first-order chi connectivity index (χ1) is 9.52. The maximum atomic E-state index is 11.2. The van der Waals surface area contributed by atoms with Crippen molar-refractivity contribution in [1.82, 2.24) is 0 Å². The molecule has 0 unspecified atom stereocenters. The largest absolute Gasteiger partial charge is 0.450 e. The quantitative estimate of drug-likeness (QED) is 0.659. The molecule has 0 amide bonds. The summed E-state index contributed by atoms with van der Waals surface area (Å²) in [6.45, 7) is 1.93. The first kappa shape index (κ1) is 14.3. The Hall–Kier alpha value is -2.08. The van der Waals surface area contributed by atoms with Crippen molar-refractivity contribution < 1.29 is 9.66 Å². The second-order valence-electron chi connectivity index (χ2n) is 4.17. The number of nitrogens with one attached hydrogen (secondary N) is 1. The lowest BCUT2D eigenvalue weighted by Gasteiger charge is -2.10. The molecule has 20 heavy (non-hydrogen) atoms. The van der Waals surface area contributed by atoms with Crippen molar-refractivity contribution in [3.8, 4) is 11.5 Å². The predicted molar refractivity (Wildman–Crippen MR) is 81.6 cm³/mol. The number of rotatable bonds is 4. The predicted octanol–water partition coefficient (Wildman–Crippen LogP) is 4.50. The summed E-state index contributed by atoms with van der Waals surface area (Å²) >= 11 is 3.40. The number of nitrogens with zero attached hydrogens (tertiary/aromatic N) is 1. The van der Waals surface area contributed by atoms with Gasteiger partial charge in [0, 0.05) is 11.5 Å². The third-order valence-electron chi connectivity index (χ3n) is 2.81. The zero-order chi connectivity index (χ0) is 14.7. The molecule has 2 rings (SSSR count). The molecule has 0 heterocycles. The number of anilines is 1. The van der Waals surface area contributed by atoms with Crippen LogP contribution in [0.5, 0.6) is 11.5 Å². The van der Waals surface area contributed by atoms with Gasteiger partial charge in [0.05, 0.1) is 4.92 Å². The van der Waals surface area contributed by atoms with Crippen LogP contribution in [0.4, 0.5) is 11.4 Å². The average molecular weight is 337 g/mol. The molecule has 2 aromatic rings. The van der Waals surface area contributed by atoms with Gasteiger partial charge in [-0.05, 0) is 42.8 Å². The van der Waals surface area contributed by atoms with E-state index in [2.05, 4.69) is 21.2 Å². The molecule has 0 bridgehead atoms. The summed E-state index contributed by atoms with van der Waals surface area (Å²) in [5, 5.41) is 14.0. The van der Waals surface area contributed by atoms with Gasteiger partial charge in [-0.2, -0.15) is 0 Å². The second-order valence-corrected chi connectivity index (χ2v) is 5.03. The maximum Gasteiger partial charge on any atom is 0.334 e. The maximum absolute atomic E-state index is 11.2. The summed E-state index contributed by atoms with van der Waals surface area (Å²) < 4.78 is 6.61. The fourth-order valence-corrected chi connectivity index (χ4v) is 2.05. The standard InChI is InChI=1S/C14H13BrN2O3/c1-9-8-10(6-7-11(9)15)20-13-5-3-4-12(16-2)14(13)17(18)19/h3-8,16H,1-2H3. The Balaban J connectivity index is 2.42. The minimum Gasteiger partial charge on any atom is -0.450 e. The fourth-order valence-electron chi connectivity index (χ4n) is 1.80. The zero-order valence-electron chi connectivity index (χ0n) is 11.0. The van der Waals surface area contributed by atoms with Crippen molar-refractivity contribution in [1.29, 1.82) is 0 Å². The van der Waals surface area contributed by atoms with Crippen LogP contribution < -0.4 is 10.1 Å². The molecular weight excluding hydrogens is 324 g/mol. The number of nitro benzene ring substituents is 1. The second kappa shape index (κ2) is 5.92. The van der Waals surface area contributed by atoms with Crippen molar-refractivity contribution >= 4 is 27.3 Å². The van der Waals surface area contributed by atoms with E-state index in [4.69, 9.17) is 4.74 Å². The third-order valence-corrected chi connectivity index (χ3v) is 3.70. The molecule has 2 aromatic carbocycles. The Morgan fingerprint density at radius 3 is 2.65 bits per heavy atom. The highest BCUT2D eigenvalue weighted by molar-refractivity contribution is 9.10. The molecule has 0 aromatic heterocycles. The van der Waals surface area contributed by atoms with Crippen LogP contribution in [0.3, 0.4) is 0 Å². The van der Waals surface area contributed by atoms with Gasteiger partial charge in [-0.25, -0.2) is 0 Å². The summed E-state index contributed by atoms with van der Waals surface area (Å²) in [4.78, 5) is 10.7. The summed E-state index contributed by atoms with van der Waals surface area (Å²) in [6.07, 6.45) is 0. The van der Waals surface area contributed by atoms with Gasteiger partial charge < -0.3 is 10.1 Å². The van der Waals surface area contributed by atoms with E-state index in [0.29, 0.717) is 11.4 Å². The lowest BCUT2D eigenvalue weighted by Crippen LogP contribution is -1.99. The van der Waals surface area contributed by atoms with Crippen LogP contribution in [0.15, 0.2) is 40.9 Å². The molecule has 0 fully saturated rings. The third kappa shape index (κ3) is 2.91. The number of hydrogen-bond acceptors (Lipinski definition) is 4. The van der Waals surface area contributed by atoms with Crippen LogP contribution in [-0.4, -0.2) is 12.0 Å². The zero-order valence-corrected chi connectivity index (χ0v) is 12.6. The van der Waals surface area contributed by atoms with Gasteiger partial charge in [0.2, 0.25) is 5.75 Å². The summed E-state index contributed by atoms with van der Waals surface area (Å²) in [6, 6.07) is 10.3. The molecule has 1 N–H and O–H groups in total. The SMILES string of the molecule is CNc1cccc(Oc2ccc(Br)c(C)c2)c1[N+](=O)[O-]. The summed E-state index contributed by atoms with van der Waals surface area (Å²) in [7, 11) is 1.63. The van der Waals surface area contributed by atoms with Gasteiger partial charge in [-0.15, -0.1) is 0 Å². The summed E-state index contributed by atoms with van der Waals surface area (Å²) in [5.41, 5.74) is 1.34. The van der Waals surface area contributed by atoms with Crippen LogP contribution in [0, 0.1) is 17.0 Å². The van der Waals surface area contributed by atoms with E-state index in [1.54, 1.807) is 31.3 Å². The van der Waals surface area contributed by atoms with E-state index in [0.717, 1.165) is 10.0 Å². The summed E-state index contributed by atoms with van der Waals surface area (Å²) in [5.74, 6) is 0.769. The first-order valence-electron chi connectivity index (χ1n) is 5.92. The molecular formula is C14H13BrN2O3. The monoisotopic (exact) mass is 336 g/mol. The van der Waals surface area contributed by atoms with Gasteiger partial charge in [0.1, 0.15) is 11.4 Å². The Morgan fingerprint density at radius 2 is 2.05 bits per heavy atom. The first-order valence-corrected chi connectivity index (χ1v) is 6.71. The normalized spacial score (nSPS) is 10.2. The molecule has 0 spiro atoms. The number of halogens is 1. The highest BCUT2D eigenvalue weighted by atomic mass is 79.9. The Morgan fingerprint density at radius 1 is 1.30 bits per heavy atom. The molecule has 6 heteroatoms. The van der Waals surface area contributed by atoms with Crippen molar-refractivity contribution in [3.63, 3.8) is 0 Å². The van der Waals surface area contributed by atoms with Gasteiger partial charge in [0.25, 0.3) is 0 Å². The number of para-hydroxylation sites is 1. The molecule has 0 aliphatic carbocycles. The number of nitro groups is 1. The van der Waals surface area contributed by atoms with Crippen molar-refractivity contribution in [2.75, 3.05) is 12.4 Å². The van der Waals surface area contributed by atoms with Crippen LogP contribution in [0.25, 0.3) is 0 Å². The minimum absolute atomic E-state index is 0.0735. The molecule has 0 radical (unpaired) electrons. The van der Waals surface area contributed by atoms with E-state index in [9.17, 15) is 10.1 Å². The van der Waals surface area contributed by atoms with Crippen molar-refractivity contribution in [2.45, 2.75) is 6.92 Å². The van der Waals surface area contributed by atoms with Crippen LogP contribution in [0.1, 0.15) is 5.56 Å². The number of hydrogen-bond donors (Lipinski definition) is 1. The number of ether oxygens (including phenoxy) is 1. The van der Waals surface area contributed by atoms with E-state index in [1.165, 1.54) is 0 Å². The van der Waals surface area contributed by atoms with E-state index >= 15 is 0 Å². The number of aryl methyl sites for hydroxylation is 1. The Labute approximate surface area is 124 Å².